The van der Waals surface area contributed by atoms with E-state index in [1.165, 1.54) is 6.07 Å². The number of carbonyl (C=O) groups is 1. The molecule has 1 aromatic rings. The van der Waals surface area contributed by atoms with Crippen molar-refractivity contribution in [3.05, 3.63) is 16.0 Å². The lowest BCUT2D eigenvalue weighted by Crippen LogP contribution is -2.52. The summed E-state index contributed by atoms with van der Waals surface area (Å²) < 4.78 is 25.8. The molecule has 8 heteroatoms. The van der Waals surface area contributed by atoms with Gasteiger partial charge in [-0.2, -0.15) is 4.31 Å². The molecule has 2 rings (SSSR count). The van der Waals surface area contributed by atoms with Gasteiger partial charge in [0.25, 0.3) is 10.0 Å². The average molecular weight is 296 g/mol. The Morgan fingerprint density at radius 1 is 1.59 bits per heavy atom. The van der Waals surface area contributed by atoms with E-state index in [9.17, 15) is 13.2 Å². The number of carboxylic acids is 1. The Morgan fingerprint density at radius 3 is 2.59 bits per heavy atom. The fourth-order valence-electron chi connectivity index (χ4n) is 1.48. The largest absolute Gasteiger partial charge is 0.481 e. The number of sulfonamides is 1. The van der Waals surface area contributed by atoms with E-state index in [-0.39, 0.29) is 17.3 Å². The highest BCUT2D eigenvalue weighted by Crippen LogP contribution is 2.34. The van der Waals surface area contributed by atoms with Crippen molar-refractivity contribution in [2.75, 3.05) is 13.1 Å². The summed E-state index contributed by atoms with van der Waals surface area (Å²) in [4.78, 5) is 10.6. The van der Waals surface area contributed by atoms with Crippen molar-refractivity contribution in [2.45, 2.75) is 11.1 Å². The maximum Gasteiger partial charge on any atom is 0.309 e. The van der Waals surface area contributed by atoms with Crippen molar-refractivity contribution in [3.8, 4) is 0 Å². The predicted molar refractivity (Wildman–Crippen MR) is 64.0 cm³/mol. The number of rotatable bonds is 3. The molecular formula is C9H10ClNO4S2. The number of nitrogens with zero attached hydrogens (tertiary/aromatic N) is 1. The van der Waals surface area contributed by atoms with Gasteiger partial charge in [0, 0.05) is 13.1 Å². The number of aryl methyl sites for hydroxylation is 1. The molecule has 1 aliphatic heterocycles. The second-order valence-electron chi connectivity index (χ2n) is 3.88. The standard InChI is InChI=1S/C9H10ClNO4S2/c1-5-2-7(16-8(5)10)17(14,15)11-3-6(4-11)9(12)13/h2,6H,3-4H2,1H3,(H,12,13). The molecule has 0 aliphatic carbocycles. The van der Waals surface area contributed by atoms with Gasteiger partial charge in [-0.3, -0.25) is 4.79 Å². The molecular weight excluding hydrogens is 286 g/mol. The lowest BCUT2D eigenvalue weighted by Gasteiger charge is -2.34. The Kier molecular flexibility index (Phi) is 3.19. The summed E-state index contributed by atoms with van der Waals surface area (Å²) in [7, 11) is -3.57. The third-order valence-electron chi connectivity index (χ3n) is 2.63. The minimum atomic E-state index is -3.57. The minimum absolute atomic E-state index is 0.0340. The van der Waals surface area contributed by atoms with Gasteiger partial charge >= 0.3 is 5.97 Å². The van der Waals surface area contributed by atoms with E-state index in [1.54, 1.807) is 6.92 Å². The van der Waals surface area contributed by atoms with Gasteiger partial charge in [0.2, 0.25) is 0 Å². The summed E-state index contributed by atoms with van der Waals surface area (Å²) in [6.07, 6.45) is 0. The van der Waals surface area contributed by atoms with E-state index in [0.29, 0.717) is 9.90 Å². The number of aliphatic carboxylic acids is 1. The molecule has 2 heterocycles. The van der Waals surface area contributed by atoms with Gasteiger partial charge in [0.05, 0.1) is 10.3 Å². The number of carboxylic acid groups (broad SMARTS) is 1. The second-order valence-corrected chi connectivity index (χ2v) is 7.70. The zero-order chi connectivity index (χ0) is 12.8. The summed E-state index contributed by atoms with van der Waals surface area (Å²) in [6.45, 7) is 1.80. The van der Waals surface area contributed by atoms with Gasteiger partial charge in [-0.1, -0.05) is 11.6 Å². The number of hydrogen-bond acceptors (Lipinski definition) is 4. The first-order valence-corrected chi connectivity index (χ1v) is 7.44. The summed E-state index contributed by atoms with van der Waals surface area (Å²) in [5.74, 6) is -1.56. The van der Waals surface area contributed by atoms with Crippen LogP contribution < -0.4 is 0 Å². The fourth-order valence-corrected chi connectivity index (χ4v) is 4.87. The number of thiophene rings is 1. The van der Waals surface area contributed by atoms with Gasteiger partial charge in [0.1, 0.15) is 4.21 Å². The Hall–Kier alpha value is -0.630. The minimum Gasteiger partial charge on any atom is -0.481 e. The maximum absolute atomic E-state index is 12.0. The van der Waals surface area contributed by atoms with E-state index in [2.05, 4.69) is 0 Å². The second kappa shape index (κ2) is 4.24. The van der Waals surface area contributed by atoms with Crippen molar-refractivity contribution >= 4 is 38.9 Å². The highest BCUT2D eigenvalue weighted by Gasteiger charge is 2.41. The molecule has 1 saturated heterocycles. The molecule has 17 heavy (non-hydrogen) atoms. The van der Waals surface area contributed by atoms with Gasteiger partial charge in [-0.05, 0) is 18.6 Å². The SMILES string of the molecule is Cc1cc(S(=O)(=O)N2CC(C(=O)O)C2)sc1Cl. The third kappa shape index (κ3) is 2.20. The quantitative estimate of drug-likeness (QED) is 0.915. The van der Waals surface area contributed by atoms with Gasteiger partial charge in [-0.15, -0.1) is 11.3 Å². The topological polar surface area (TPSA) is 74.7 Å². The average Bonchev–Trinajstić information content (AvgIpc) is 2.43. The third-order valence-corrected chi connectivity index (χ3v) is 6.46. The molecule has 1 N–H and O–H groups in total. The molecule has 0 amide bonds. The summed E-state index contributed by atoms with van der Waals surface area (Å²) in [5, 5.41) is 8.70. The zero-order valence-corrected chi connectivity index (χ0v) is 11.3. The maximum atomic E-state index is 12.0. The van der Waals surface area contributed by atoms with Crippen molar-refractivity contribution in [1.82, 2.24) is 4.31 Å². The lowest BCUT2D eigenvalue weighted by atomic mass is 10.0. The Morgan fingerprint density at radius 2 is 2.18 bits per heavy atom. The molecule has 94 valence electrons. The van der Waals surface area contributed by atoms with Crippen LogP contribution in [0.1, 0.15) is 5.56 Å². The van der Waals surface area contributed by atoms with Crippen LogP contribution in [0.4, 0.5) is 0 Å². The number of halogens is 1. The van der Waals surface area contributed by atoms with E-state index in [4.69, 9.17) is 16.7 Å². The Labute approximate surface area is 108 Å². The summed E-state index contributed by atoms with van der Waals surface area (Å²) in [5.41, 5.74) is 0.713. The molecule has 0 unspecified atom stereocenters. The first-order valence-electron chi connectivity index (χ1n) is 4.81. The highest BCUT2D eigenvalue weighted by molar-refractivity contribution is 7.91. The van der Waals surface area contributed by atoms with E-state index in [0.717, 1.165) is 15.6 Å². The van der Waals surface area contributed by atoms with Crippen LogP contribution in [-0.4, -0.2) is 36.9 Å². The molecule has 1 aliphatic rings. The molecule has 0 radical (unpaired) electrons. The van der Waals surface area contributed by atoms with Crippen LogP contribution in [0.25, 0.3) is 0 Å². The zero-order valence-electron chi connectivity index (χ0n) is 8.88. The van der Waals surface area contributed by atoms with E-state index < -0.39 is 21.9 Å². The van der Waals surface area contributed by atoms with Crippen molar-refractivity contribution < 1.29 is 18.3 Å². The Bertz CT molecular complexity index is 540. The normalized spacial score (nSPS) is 18.0. The Balaban J connectivity index is 2.19. The molecule has 0 atom stereocenters. The van der Waals surface area contributed by atoms with E-state index in [1.807, 2.05) is 0 Å². The van der Waals surface area contributed by atoms with Crippen LogP contribution in [0.3, 0.4) is 0 Å². The van der Waals surface area contributed by atoms with Crippen LogP contribution in [-0.2, 0) is 14.8 Å². The molecule has 0 spiro atoms. The molecule has 0 bridgehead atoms. The highest BCUT2D eigenvalue weighted by atomic mass is 35.5. The fraction of sp³-hybridized carbons (Fsp3) is 0.444. The smallest absolute Gasteiger partial charge is 0.309 e. The van der Waals surface area contributed by atoms with Crippen LogP contribution in [0.2, 0.25) is 4.34 Å². The molecule has 1 fully saturated rings. The lowest BCUT2D eigenvalue weighted by molar-refractivity contribution is -0.145. The van der Waals surface area contributed by atoms with Gasteiger partial charge < -0.3 is 5.11 Å². The van der Waals surface area contributed by atoms with Crippen molar-refractivity contribution in [3.63, 3.8) is 0 Å². The van der Waals surface area contributed by atoms with E-state index >= 15 is 0 Å². The molecule has 0 aromatic carbocycles. The van der Waals surface area contributed by atoms with Crippen molar-refractivity contribution in [2.24, 2.45) is 5.92 Å². The number of hydrogen-bond donors (Lipinski definition) is 1. The molecule has 1 aromatic heterocycles. The van der Waals surface area contributed by atoms with Crippen LogP contribution in [0.5, 0.6) is 0 Å². The first-order chi connectivity index (χ1) is 7.82. The first kappa shape index (κ1) is 12.8. The summed E-state index contributed by atoms with van der Waals surface area (Å²) >= 11 is 6.82. The predicted octanol–water partition coefficient (Wildman–Crippen LogP) is 1.42. The van der Waals surface area contributed by atoms with Crippen LogP contribution in [0.15, 0.2) is 10.3 Å². The molecule has 0 saturated carbocycles. The molecule has 5 nitrogen and oxygen atoms in total. The van der Waals surface area contributed by atoms with Crippen molar-refractivity contribution in [1.29, 1.82) is 0 Å². The monoisotopic (exact) mass is 295 g/mol. The van der Waals surface area contributed by atoms with Gasteiger partial charge in [-0.25, -0.2) is 8.42 Å². The van der Waals surface area contributed by atoms with Gasteiger partial charge in [0.15, 0.2) is 0 Å². The summed E-state index contributed by atoms with van der Waals surface area (Å²) in [6, 6.07) is 1.51. The van der Waals surface area contributed by atoms with Crippen LogP contribution >= 0.6 is 22.9 Å². The van der Waals surface area contributed by atoms with Crippen LogP contribution in [0, 0.1) is 12.8 Å².